The number of anilines is 1. The highest BCUT2D eigenvalue weighted by atomic mass is 32.1. The molecule has 0 aliphatic carbocycles. The van der Waals surface area contributed by atoms with E-state index in [0.717, 1.165) is 34.8 Å². The number of thiophene rings is 1. The van der Waals surface area contributed by atoms with Crippen LogP contribution in [0.2, 0.25) is 0 Å². The normalized spacial score (nSPS) is 10.9. The van der Waals surface area contributed by atoms with Crippen molar-refractivity contribution in [1.82, 2.24) is 9.97 Å². The van der Waals surface area contributed by atoms with E-state index in [1.165, 1.54) is 12.8 Å². The molecule has 2 aromatic heterocycles. The summed E-state index contributed by atoms with van der Waals surface area (Å²) in [6.45, 7) is 5.27. The number of unbranched alkanes of at least 4 members (excludes halogenated alkanes) is 1. The van der Waals surface area contributed by atoms with Crippen molar-refractivity contribution in [2.75, 3.05) is 11.9 Å². The zero-order valence-corrected chi connectivity index (χ0v) is 10.6. The van der Waals surface area contributed by atoms with Crippen molar-refractivity contribution in [1.29, 1.82) is 0 Å². The Morgan fingerprint density at radius 3 is 2.94 bits per heavy atom. The third kappa shape index (κ3) is 2.32. The molecule has 86 valence electrons. The van der Waals surface area contributed by atoms with Crippen LogP contribution in [0.1, 0.15) is 32.5 Å². The van der Waals surface area contributed by atoms with Crippen molar-refractivity contribution in [2.45, 2.75) is 33.1 Å². The van der Waals surface area contributed by atoms with Gasteiger partial charge in [-0.1, -0.05) is 20.3 Å². The molecule has 2 rings (SSSR count). The Labute approximate surface area is 99.9 Å². The number of fused-ring (bicyclic) bond motifs is 1. The van der Waals surface area contributed by atoms with Crippen LogP contribution in [0.5, 0.6) is 0 Å². The molecule has 0 bridgehead atoms. The first kappa shape index (κ1) is 11.3. The summed E-state index contributed by atoms with van der Waals surface area (Å²) in [5.74, 6) is 1.92. The monoisotopic (exact) mass is 235 g/mol. The van der Waals surface area contributed by atoms with Crippen LogP contribution < -0.4 is 5.32 Å². The Bertz CT molecular complexity index is 464. The molecule has 0 aliphatic heterocycles. The van der Waals surface area contributed by atoms with Crippen LogP contribution in [0, 0.1) is 0 Å². The maximum Gasteiger partial charge on any atom is 0.138 e. The second-order valence-electron chi connectivity index (χ2n) is 3.76. The minimum absolute atomic E-state index is 0.885. The van der Waals surface area contributed by atoms with E-state index < -0.39 is 0 Å². The van der Waals surface area contributed by atoms with Crippen LogP contribution in [0.3, 0.4) is 0 Å². The van der Waals surface area contributed by atoms with E-state index in [2.05, 4.69) is 40.6 Å². The molecule has 0 saturated heterocycles. The number of nitrogens with one attached hydrogen (secondary N) is 1. The van der Waals surface area contributed by atoms with Gasteiger partial charge in [0.15, 0.2) is 0 Å². The van der Waals surface area contributed by atoms with E-state index in [-0.39, 0.29) is 0 Å². The molecule has 0 radical (unpaired) electrons. The van der Waals surface area contributed by atoms with Crippen molar-refractivity contribution in [2.24, 2.45) is 0 Å². The van der Waals surface area contributed by atoms with E-state index in [4.69, 9.17) is 0 Å². The van der Waals surface area contributed by atoms with Crippen molar-refractivity contribution in [3.63, 3.8) is 0 Å². The Hall–Kier alpha value is -1.16. The van der Waals surface area contributed by atoms with Crippen LogP contribution in [0.4, 0.5) is 5.82 Å². The van der Waals surface area contributed by atoms with Crippen LogP contribution in [-0.4, -0.2) is 16.5 Å². The van der Waals surface area contributed by atoms with E-state index in [1.54, 1.807) is 11.3 Å². The maximum atomic E-state index is 4.55. The number of aryl methyl sites for hydroxylation is 1. The van der Waals surface area contributed by atoms with Gasteiger partial charge in [0.05, 0.1) is 5.39 Å². The van der Waals surface area contributed by atoms with Crippen LogP contribution in [-0.2, 0) is 6.42 Å². The highest BCUT2D eigenvalue weighted by molar-refractivity contribution is 7.16. The second kappa shape index (κ2) is 5.25. The van der Waals surface area contributed by atoms with Crippen LogP contribution >= 0.6 is 11.3 Å². The van der Waals surface area contributed by atoms with E-state index in [9.17, 15) is 0 Å². The lowest BCUT2D eigenvalue weighted by Crippen LogP contribution is -2.05. The maximum absolute atomic E-state index is 4.55. The number of aromatic nitrogens is 2. The predicted molar refractivity (Wildman–Crippen MR) is 70.2 cm³/mol. The Balaban J connectivity index is 2.29. The van der Waals surface area contributed by atoms with Gasteiger partial charge in [-0.2, -0.15) is 0 Å². The van der Waals surface area contributed by atoms with E-state index in [1.807, 2.05) is 0 Å². The van der Waals surface area contributed by atoms with Gasteiger partial charge in [-0.25, -0.2) is 9.97 Å². The number of hydrogen-bond acceptors (Lipinski definition) is 4. The molecule has 16 heavy (non-hydrogen) atoms. The largest absolute Gasteiger partial charge is 0.369 e. The Kier molecular flexibility index (Phi) is 3.72. The molecule has 0 unspecified atom stereocenters. The molecule has 3 nitrogen and oxygen atoms in total. The Morgan fingerprint density at radius 1 is 1.31 bits per heavy atom. The quantitative estimate of drug-likeness (QED) is 0.806. The molecular weight excluding hydrogens is 218 g/mol. The van der Waals surface area contributed by atoms with Gasteiger partial charge in [0.2, 0.25) is 0 Å². The molecule has 0 spiro atoms. The molecule has 0 fully saturated rings. The summed E-state index contributed by atoms with van der Waals surface area (Å²) < 4.78 is 0. The van der Waals surface area contributed by atoms with Crippen LogP contribution in [0.25, 0.3) is 10.2 Å². The predicted octanol–water partition coefficient (Wildman–Crippen LogP) is 3.47. The van der Waals surface area contributed by atoms with Gasteiger partial charge in [0.1, 0.15) is 16.5 Å². The van der Waals surface area contributed by atoms with Crippen molar-refractivity contribution in [3.05, 3.63) is 17.3 Å². The average molecular weight is 235 g/mol. The number of rotatable bonds is 5. The second-order valence-corrected chi connectivity index (χ2v) is 4.66. The van der Waals surface area contributed by atoms with Gasteiger partial charge in [-0.05, 0) is 17.9 Å². The first-order valence-corrected chi connectivity index (χ1v) is 6.71. The highest BCUT2D eigenvalue weighted by Gasteiger charge is 2.06. The molecule has 2 aromatic rings. The van der Waals surface area contributed by atoms with Gasteiger partial charge in [-0.15, -0.1) is 11.3 Å². The molecule has 0 aromatic carbocycles. The molecular formula is C12H17N3S. The first-order valence-electron chi connectivity index (χ1n) is 5.83. The third-order valence-electron chi connectivity index (χ3n) is 2.51. The fraction of sp³-hybridized carbons (Fsp3) is 0.500. The molecule has 4 heteroatoms. The lowest BCUT2D eigenvalue weighted by molar-refractivity contribution is 0.829. The highest BCUT2D eigenvalue weighted by Crippen LogP contribution is 2.25. The summed E-state index contributed by atoms with van der Waals surface area (Å²) in [7, 11) is 0. The van der Waals surface area contributed by atoms with Gasteiger partial charge in [-0.3, -0.25) is 0 Å². The van der Waals surface area contributed by atoms with Gasteiger partial charge in [0.25, 0.3) is 0 Å². The molecule has 0 atom stereocenters. The molecule has 0 saturated carbocycles. The number of hydrogen-bond donors (Lipinski definition) is 1. The molecule has 0 amide bonds. The van der Waals surface area contributed by atoms with Crippen LogP contribution in [0.15, 0.2) is 11.4 Å². The Morgan fingerprint density at radius 2 is 2.19 bits per heavy atom. The van der Waals surface area contributed by atoms with E-state index >= 15 is 0 Å². The first-order chi connectivity index (χ1) is 7.85. The lowest BCUT2D eigenvalue weighted by Gasteiger charge is -2.07. The third-order valence-corrected chi connectivity index (χ3v) is 3.32. The minimum atomic E-state index is 0.885. The topological polar surface area (TPSA) is 37.8 Å². The summed E-state index contributed by atoms with van der Waals surface area (Å²) in [4.78, 5) is 10.1. The fourth-order valence-electron chi connectivity index (χ4n) is 1.58. The van der Waals surface area contributed by atoms with Crippen molar-refractivity contribution < 1.29 is 0 Å². The molecule has 2 heterocycles. The summed E-state index contributed by atoms with van der Waals surface area (Å²) in [5.41, 5.74) is 0. The zero-order chi connectivity index (χ0) is 11.4. The summed E-state index contributed by atoms with van der Waals surface area (Å²) >= 11 is 1.68. The summed E-state index contributed by atoms with van der Waals surface area (Å²) in [5, 5.41) is 6.63. The van der Waals surface area contributed by atoms with Crippen molar-refractivity contribution in [3.8, 4) is 0 Å². The summed E-state index contributed by atoms with van der Waals surface area (Å²) in [6, 6.07) is 2.09. The van der Waals surface area contributed by atoms with Crippen molar-refractivity contribution >= 4 is 27.4 Å². The minimum Gasteiger partial charge on any atom is -0.369 e. The number of nitrogens with zero attached hydrogens (tertiary/aromatic N) is 2. The van der Waals surface area contributed by atoms with E-state index in [0.29, 0.717) is 0 Å². The smallest absolute Gasteiger partial charge is 0.138 e. The summed E-state index contributed by atoms with van der Waals surface area (Å²) in [6.07, 6.45) is 3.26. The standard InChI is InChI=1S/C12H17N3S/c1-3-5-7-13-11-9-6-8-16-12(9)15-10(4-2)14-11/h6,8H,3-5,7H2,1-2H3,(H,13,14,15). The van der Waals surface area contributed by atoms with Gasteiger partial charge >= 0.3 is 0 Å². The van der Waals surface area contributed by atoms with Gasteiger partial charge < -0.3 is 5.32 Å². The lowest BCUT2D eigenvalue weighted by atomic mass is 10.3. The molecule has 1 N–H and O–H groups in total. The molecule has 0 aliphatic rings. The fourth-order valence-corrected chi connectivity index (χ4v) is 2.36. The average Bonchev–Trinajstić information content (AvgIpc) is 2.77. The SMILES string of the molecule is CCCCNc1nc(CC)nc2sccc12. The van der Waals surface area contributed by atoms with Gasteiger partial charge in [0, 0.05) is 13.0 Å². The zero-order valence-electron chi connectivity index (χ0n) is 9.79.